The molecule has 1 heterocycles. The van der Waals surface area contributed by atoms with E-state index in [2.05, 4.69) is 31.0 Å². The average molecular weight is 471 g/mol. The lowest BCUT2D eigenvalue weighted by atomic mass is 9.78. The van der Waals surface area contributed by atoms with Gasteiger partial charge in [-0.2, -0.15) is 0 Å². The molecule has 1 aliphatic heterocycles. The summed E-state index contributed by atoms with van der Waals surface area (Å²) < 4.78 is 12.0. The van der Waals surface area contributed by atoms with Crippen molar-refractivity contribution >= 4 is 40.7 Å². The summed E-state index contributed by atoms with van der Waals surface area (Å²) in [6, 6.07) is 0. The van der Waals surface area contributed by atoms with Gasteiger partial charge in [0.15, 0.2) is 5.96 Å². The van der Waals surface area contributed by atoms with Crippen molar-refractivity contribution in [2.75, 3.05) is 31.9 Å². The van der Waals surface area contributed by atoms with Gasteiger partial charge in [0, 0.05) is 40.9 Å². The number of likely N-dealkylation sites (tertiary alicyclic amines) is 1. The van der Waals surface area contributed by atoms with E-state index in [4.69, 9.17) is 4.99 Å². The molecule has 0 aromatic rings. The summed E-state index contributed by atoms with van der Waals surface area (Å²) in [6.45, 7) is 16.5. The molecular formula is C18H38IN3OS. The third-order valence-corrected chi connectivity index (χ3v) is 6.41. The number of rotatable bonds is 6. The lowest BCUT2D eigenvalue weighted by Gasteiger charge is -2.42. The zero-order valence-corrected chi connectivity index (χ0v) is 19.6. The Hall–Kier alpha value is 0.150. The van der Waals surface area contributed by atoms with Gasteiger partial charge in [-0.1, -0.05) is 20.3 Å². The molecule has 4 nitrogen and oxygen atoms in total. The molecule has 2 atom stereocenters. The molecule has 24 heavy (non-hydrogen) atoms. The molecule has 144 valence electrons. The molecule has 0 aliphatic carbocycles. The van der Waals surface area contributed by atoms with Crippen molar-refractivity contribution in [3.8, 4) is 0 Å². The second kappa shape index (κ2) is 11.0. The number of nitrogens with one attached hydrogen (secondary N) is 1. The van der Waals surface area contributed by atoms with Crippen LogP contribution in [0.3, 0.4) is 0 Å². The largest absolute Gasteiger partial charge is 0.357 e. The zero-order chi connectivity index (χ0) is 17.5. The second-order valence-corrected chi connectivity index (χ2v) is 10.3. The summed E-state index contributed by atoms with van der Waals surface area (Å²) >= 11 is 0. The van der Waals surface area contributed by atoms with Gasteiger partial charge in [-0.25, -0.2) is 0 Å². The van der Waals surface area contributed by atoms with E-state index in [1.807, 2.05) is 20.8 Å². The van der Waals surface area contributed by atoms with Gasteiger partial charge in [-0.15, -0.1) is 24.0 Å². The van der Waals surface area contributed by atoms with Crippen molar-refractivity contribution in [3.63, 3.8) is 0 Å². The molecule has 2 unspecified atom stereocenters. The van der Waals surface area contributed by atoms with E-state index >= 15 is 0 Å². The number of halogens is 1. The molecule has 1 rings (SSSR count). The topological polar surface area (TPSA) is 44.7 Å². The van der Waals surface area contributed by atoms with Crippen LogP contribution in [0.15, 0.2) is 4.99 Å². The predicted molar refractivity (Wildman–Crippen MR) is 118 cm³/mol. The maximum Gasteiger partial charge on any atom is 0.193 e. The maximum atomic E-state index is 12.2. The quantitative estimate of drug-likeness (QED) is 0.362. The smallest absolute Gasteiger partial charge is 0.193 e. The first kappa shape index (κ1) is 24.1. The zero-order valence-electron chi connectivity index (χ0n) is 16.5. The Bertz CT molecular complexity index is 419. The van der Waals surface area contributed by atoms with Crippen LogP contribution in [0.1, 0.15) is 67.2 Å². The lowest BCUT2D eigenvalue weighted by Crippen LogP contribution is -2.50. The average Bonchev–Trinajstić information content (AvgIpc) is 2.45. The number of nitrogens with zero attached hydrogens (tertiary/aromatic N) is 2. The first-order valence-electron chi connectivity index (χ1n) is 9.13. The van der Waals surface area contributed by atoms with Gasteiger partial charge >= 0.3 is 0 Å². The lowest BCUT2D eigenvalue weighted by molar-refractivity contribution is 0.142. The van der Waals surface area contributed by atoms with Gasteiger partial charge in [0.05, 0.1) is 6.54 Å². The first-order chi connectivity index (χ1) is 10.7. The minimum atomic E-state index is -0.834. The third kappa shape index (κ3) is 8.02. The molecule has 0 bridgehead atoms. The number of hydrogen-bond donors (Lipinski definition) is 1. The molecule has 0 aromatic carbocycles. The minimum Gasteiger partial charge on any atom is -0.357 e. The van der Waals surface area contributed by atoms with E-state index in [1.165, 1.54) is 25.7 Å². The summed E-state index contributed by atoms with van der Waals surface area (Å²) in [5.41, 5.74) is 0.400. The summed E-state index contributed by atoms with van der Waals surface area (Å²) in [5.74, 6) is 1.64. The molecule has 1 aliphatic rings. The Morgan fingerprint density at radius 2 is 2.00 bits per heavy atom. The van der Waals surface area contributed by atoms with Gasteiger partial charge in [0.1, 0.15) is 0 Å². The van der Waals surface area contributed by atoms with Crippen LogP contribution < -0.4 is 5.32 Å². The van der Waals surface area contributed by atoms with Crippen LogP contribution >= 0.6 is 24.0 Å². The second-order valence-electron chi connectivity index (χ2n) is 7.98. The van der Waals surface area contributed by atoms with Gasteiger partial charge in [-0.05, 0) is 52.4 Å². The summed E-state index contributed by atoms with van der Waals surface area (Å²) in [6.07, 6.45) is 5.05. The number of aliphatic imine (C=N–C) groups is 1. The van der Waals surface area contributed by atoms with Crippen molar-refractivity contribution in [2.45, 2.75) is 72.0 Å². The van der Waals surface area contributed by atoms with Crippen LogP contribution in [-0.2, 0) is 10.8 Å². The molecule has 0 aromatic heterocycles. The Morgan fingerprint density at radius 1 is 1.33 bits per heavy atom. The van der Waals surface area contributed by atoms with Gasteiger partial charge in [0.2, 0.25) is 0 Å². The van der Waals surface area contributed by atoms with Crippen molar-refractivity contribution in [2.24, 2.45) is 10.4 Å². The number of guanidine groups is 1. The highest BCUT2D eigenvalue weighted by atomic mass is 127. The van der Waals surface area contributed by atoms with Crippen LogP contribution in [0.25, 0.3) is 0 Å². The monoisotopic (exact) mass is 471 g/mol. The minimum absolute atomic E-state index is 0. The van der Waals surface area contributed by atoms with Crippen molar-refractivity contribution in [3.05, 3.63) is 0 Å². The summed E-state index contributed by atoms with van der Waals surface area (Å²) in [4.78, 5) is 7.16. The van der Waals surface area contributed by atoms with Gasteiger partial charge in [-0.3, -0.25) is 9.20 Å². The van der Waals surface area contributed by atoms with Crippen LogP contribution in [0.4, 0.5) is 0 Å². The van der Waals surface area contributed by atoms with Crippen molar-refractivity contribution in [1.82, 2.24) is 10.2 Å². The molecule has 0 radical (unpaired) electrons. The predicted octanol–water partition coefficient (Wildman–Crippen LogP) is 4.02. The van der Waals surface area contributed by atoms with Crippen LogP contribution in [0.5, 0.6) is 0 Å². The Morgan fingerprint density at radius 3 is 2.54 bits per heavy atom. The van der Waals surface area contributed by atoms with E-state index in [0.29, 0.717) is 17.7 Å². The van der Waals surface area contributed by atoms with Gasteiger partial charge in [0.25, 0.3) is 0 Å². The molecule has 0 spiro atoms. The maximum absolute atomic E-state index is 12.2. The van der Waals surface area contributed by atoms with E-state index < -0.39 is 10.8 Å². The fourth-order valence-corrected chi connectivity index (χ4v) is 4.14. The molecule has 1 fully saturated rings. The van der Waals surface area contributed by atoms with Crippen LogP contribution in [0.2, 0.25) is 0 Å². The van der Waals surface area contributed by atoms with Crippen LogP contribution in [-0.4, -0.2) is 51.7 Å². The normalized spacial score (nSPS) is 23.6. The fourth-order valence-electron chi connectivity index (χ4n) is 3.27. The van der Waals surface area contributed by atoms with E-state index in [1.54, 1.807) is 0 Å². The van der Waals surface area contributed by atoms with Crippen LogP contribution in [0, 0.1) is 5.41 Å². The molecular weight excluding hydrogens is 433 g/mol. The highest BCUT2D eigenvalue weighted by Gasteiger charge is 2.31. The Labute approximate surface area is 169 Å². The molecule has 0 saturated carbocycles. The van der Waals surface area contributed by atoms with E-state index in [9.17, 15) is 4.21 Å². The molecule has 1 N–H and O–H groups in total. The highest BCUT2D eigenvalue weighted by Crippen LogP contribution is 2.33. The molecule has 0 amide bonds. The molecule has 6 heteroatoms. The summed E-state index contributed by atoms with van der Waals surface area (Å²) in [7, 11) is -0.834. The summed E-state index contributed by atoms with van der Waals surface area (Å²) in [5, 5.41) is 3.42. The fraction of sp³-hybridized carbons (Fsp3) is 0.944. The van der Waals surface area contributed by atoms with E-state index in [0.717, 1.165) is 25.6 Å². The van der Waals surface area contributed by atoms with Gasteiger partial charge < -0.3 is 10.2 Å². The Kier molecular flexibility index (Phi) is 11.1. The standard InChI is InChI=1S/C18H37N3OS.HI/c1-7-10-18(6)11-9-13-21(15-18)16(19-8-2)20-12-14-23(22)17(3,4)5;/h7-15H2,1-6H3,(H,19,20);1H. The van der Waals surface area contributed by atoms with Crippen molar-refractivity contribution in [1.29, 1.82) is 0 Å². The molecule has 1 saturated heterocycles. The highest BCUT2D eigenvalue weighted by molar-refractivity contribution is 14.0. The number of piperidine rings is 1. The van der Waals surface area contributed by atoms with E-state index in [-0.39, 0.29) is 28.7 Å². The third-order valence-electron chi connectivity index (χ3n) is 4.49. The number of hydrogen-bond acceptors (Lipinski definition) is 2. The first-order valence-corrected chi connectivity index (χ1v) is 10.5. The van der Waals surface area contributed by atoms with Crippen molar-refractivity contribution < 1.29 is 4.21 Å². The Balaban J connectivity index is 0.00000529. The SMILES string of the molecule is CCCC1(C)CCCN(C(=NCCS(=O)C(C)(C)C)NCC)C1.I.